The van der Waals surface area contributed by atoms with E-state index in [1.165, 1.54) is 27.2 Å². The van der Waals surface area contributed by atoms with Crippen molar-refractivity contribution in [2.45, 2.75) is 0 Å². The molecule has 18 heavy (non-hydrogen) atoms. The molecule has 0 amide bonds. The second-order valence-electron chi connectivity index (χ2n) is 4.74. The first-order valence-electron chi connectivity index (χ1n) is 6.05. The zero-order valence-corrected chi connectivity index (χ0v) is 9.55. The first-order valence-corrected chi connectivity index (χ1v) is 6.05. The smallest absolute Gasteiger partial charge is 0.194 e. The van der Waals surface area contributed by atoms with Gasteiger partial charge >= 0.3 is 0 Å². The summed E-state index contributed by atoms with van der Waals surface area (Å²) in [6.07, 6.45) is 2.19. The third-order valence-electron chi connectivity index (χ3n) is 3.72. The fourth-order valence-electron chi connectivity index (χ4n) is 2.82. The molecule has 2 nitrogen and oxygen atoms in total. The largest absolute Gasteiger partial charge is 0.447 e. The van der Waals surface area contributed by atoms with Gasteiger partial charge in [0.25, 0.3) is 0 Å². The minimum Gasteiger partial charge on any atom is -0.447 e. The zero-order chi connectivity index (χ0) is 11.7. The van der Waals surface area contributed by atoms with Crippen molar-refractivity contribution < 1.29 is 4.74 Å². The van der Waals surface area contributed by atoms with E-state index >= 15 is 0 Å². The molecule has 2 aromatic heterocycles. The van der Waals surface area contributed by atoms with Crippen LogP contribution in [-0.2, 0) is 0 Å². The van der Waals surface area contributed by atoms with Crippen molar-refractivity contribution in [2.75, 3.05) is 0 Å². The van der Waals surface area contributed by atoms with Crippen molar-refractivity contribution >= 4 is 27.2 Å². The SMILES string of the molecule is c1ccc2c(c1)cn1c2ccc2ccc3c(c21)O3. The summed E-state index contributed by atoms with van der Waals surface area (Å²) >= 11 is 0. The predicted molar refractivity (Wildman–Crippen MR) is 72.5 cm³/mol. The Balaban J connectivity index is 2.14. The molecule has 5 rings (SSSR count). The minimum atomic E-state index is 1.01. The summed E-state index contributed by atoms with van der Waals surface area (Å²) < 4.78 is 7.78. The molecular weight excluding hydrogens is 222 g/mol. The van der Waals surface area contributed by atoms with Crippen LogP contribution in [0.5, 0.6) is 11.5 Å². The van der Waals surface area contributed by atoms with E-state index in [-0.39, 0.29) is 0 Å². The van der Waals surface area contributed by atoms with Crippen LogP contribution >= 0.6 is 0 Å². The number of benzene rings is 2. The minimum absolute atomic E-state index is 1.01. The highest BCUT2D eigenvalue weighted by molar-refractivity contribution is 6.03. The standard InChI is InChI=1S/C16H9NO/c1-2-4-12-11(3-1)9-17-13(12)7-5-10-6-8-14-16(18-14)15(10)17/h1-9H. The summed E-state index contributed by atoms with van der Waals surface area (Å²) in [6, 6.07) is 17.0. The van der Waals surface area contributed by atoms with E-state index < -0.39 is 0 Å². The Morgan fingerprint density at radius 1 is 0.833 bits per heavy atom. The number of hydrogen-bond donors (Lipinski definition) is 0. The van der Waals surface area contributed by atoms with E-state index in [9.17, 15) is 0 Å². The summed E-state index contributed by atoms with van der Waals surface area (Å²) in [5, 5.41) is 3.78. The first-order chi connectivity index (χ1) is 8.92. The van der Waals surface area contributed by atoms with Crippen LogP contribution in [0.2, 0.25) is 0 Å². The van der Waals surface area contributed by atoms with Gasteiger partial charge in [0.1, 0.15) is 0 Å². The molecule has 4 aromatic rings. The topological polar surface area (TPSA) is 16.9 Å². The van der Waals surface area contributed by atoms with Crippen molar-refractivity contribution in [2.24, 2.45) is 0 Å². The van der Waals surface area contributed by atoms with Gasteiger partial charge < -0.3 is 9.14 Å². The Bertz CT molecular complexity index is 949. The van der Waals surface area contributed by atoms with Gasteiger partial charge in [0.15, 0.2) is 11.5 Å². The van der Waals surface area contributed by atoms with Gasteiger partial charge in [-0.2, -0.15) is 0 Å². The van der Waals surface area contributed by atoms with Crippen LogP contribution in [0.1, 0.15) is 0 Å². The molecule has 1 aliphatic rings. The quantitative estimate of drug-likeness (QED) is 0.362. The summed E-state index contributed by atoms with van der Waals surface area (Å²) in [4.78, 5) is 0. The number of hydrogen-bond acceptors (Lipinski definition) is 1. The van der Waals surface area contributed by atoms with E-state index in [0.29, 0.717) is 0 Å². The molecule has 0 aliphatic carbocycles. The molecule has 0 unspecified atom stereocenters. The first kappa shape index (κ1) is 8.59. The van der Waals surface area contributed by atoms with Crippen molar-refractivity contribution in [3.8, 4) is 11.5 Å². The second kappa shape index (κ2) is 2.67. The van der Waals surface area contributed by atoms with E-state index in [0.717, 1.165) is 11.5 Å². The Labute approximate surface area is 103 Å². The summed E-state index contributed by atoms with van der Waals surface area (Å²) in [5.74, 6) is 2.03. The van der Waals surface area contributed by atoms with Crippen molar-refractivity contribution in [1.29, 1.82) is 0 Å². The number of pyridine rings is 1. The van der Waals surface area contributed by atoms with Gasteiger partial charge in [0.05, 0.1) is 11.0 Å². The van der Waals surface area contributed by atoms with Crippen molar-refractivity contribution in [3.05, 3.63) is 54.7 Å². The number of aromatic nitrogens is 1. The molecule has 0 atom stereocenters. The third-order valence-corrected chi connectivity index (χ3v) is 3.72. The monoisotopic (exact) mass is 231 g/mol. The molecule has 0 saturated heterocycles. The highest BCUT2D eigenvalue weighted by Gasteiger charge is 2.25. The van der Waals surface area contributed by atoms with Gasteiger partial charge in [0.2, 0.25) is 0 Å². The molecule has 0 bridgehead atoms. The number of nitrogens with zero attached hydrogens (tertiary/aromatic N) is 1. The lowest BCUT2D eigenvalue weighted by atomic mass is 10.2. The summed E-state index contributed by atoms with van der Waals surface area (Å²) in [7, 11) is 0. The highest BCUT2D eigenvalue weighted by atomic mass is 16.6. The Morgan fingerprint density at radius 3 is 2.72 bits per heavy atom. The molecule has 3 heterocycles. The van der Waals surface area contributed by atoms with E-state index in [2.05, 4.69) is 53.1 Å². The van der Waals surface area contributed by atoms with Crippen LogP contribution in [0.3, 0.4) is 0 Å². The van der Waals surface area contributed by atoms with Gasteiger partial charge in [-0.25, -0.2) is 0 Å². The maximum absolute atomic E-state index is 5.53. The fraction of sp³-hybridized carbons (Fsp3) is 0. The molecule has 84 valence electrons. The van der Waals surface area contributed by atoms with Gasteiger partial charge in [0, 0.05) is 22.4 Å². The van der Waals surface area contributed by atoms with Crippen molar-refractivity contribution in [1.82, 2.24) is 4.40 Å². The zero-order valence-electron chi connectivity index (χ0n) is 9.55. The maximum atomic E-state index is 5.53. The second-order valence-corrected chi connectivity index (χ2v) is 4.74. The molecule has 0 saturated carbocycles. The lowest BCUT2D eigenvalue weighted by Crippen LogP contribution is -1.83. The molecule has 0 N–H and O–H groups in total. The van der Waals surface area contributed by atoms with Gasteiger partial charge in [-0.05, 0) is 18.2 Å². The van der Waals surface area contributed by atoms with Crippen LogP contribution in [0.15, 0.2) is 54.7 Å². The fourth-order valence-corrected chi connectivity index (χ4v) is 2.82. The van der Waals surface area contributed by atoms with Crippen LogP contribution in [-0.4, -0.2) is 4.40 Å². The van der Waals surface area contributed by atoms with Crippen LogP contribution in [0.25, 0.3) is 27.2 Å². The van der Waals surface area contributed by atoms with Gasteiger partial charge in [-0.15, -0.1) is 0 Å². The average Bonchev–Trinajstić information content (AvgIpc) is 3.11. The Hall–Kier alpha value is -2.48. The van der Waals surface area contributed by atoms with Gasteiger partial charge in [-0.3, -0.25) is 0 Å². The number of fused-ring (bicyclic) bond motifs is 7. The summed E-state index contributed by atoms with van der Waals surface area (Å²) in [5.41, 5.74) is 2.42. The molecule has 0 spiro atoms. The third kappa shape index (κ3) is 0.900. The molecule has 2 heteroatoms. The van der Waals surface area contributed by atoms with E-state index in [1.807, 2.05) is 6.07 Å². The Kier molecular flexibility index (Phi) is 1.27. The maximum Gasteiger partial charge on any atom is 0.194 e. The van der Waals surface area contributed by atoms with Gasteiger partial charge in [-0.1, -0.05) is 30.3 Å². The van der Waals surface area contributed by atoms with Crippen LogP contribution < -0.4 is 4.74 Å². The molecule has 2 aromatic carbocycles. The lowest BCUT2D eigenvalue weighted by molar-refractivity contribution is 0.652. The van der Waals surface area contributed by atoms with E-state index in [1.54, 1.807) is 0 Å². The number of rotatable bonds is 0. The van der Waals surface area contributed by atoms with Crippen LogP contribution in [0, 0.1) is 0 Å². The molecular formula is C16H9NO. The lowest BCUT2D eigenvalue weighted by Gasteiger charge is -1.99. The number of ether oxygens (including phenoxy) is 1. The molecule has 0 radical (unpaired) electrons. The molecule has 1 aliphatic heterocycles. The average molecular weight is 231 g/mol. The van der Waals surface area contributed by atoms with Crippen molar-refractivity contribution in [3.63, 3.8) is 0 Å². The highest BCUT2D eigenvalue weighted by Crippen LogP contribution is 2.50. The molecule has 0 fully saturated rings. The van der Waals surface area contributed by atoms with E-state index in [4.69, 9.17) is 4.74 Å². The predicted octanol–water partition coefficient (Wildman–Crippen LogP) is 4.35. The normalized spacial score (nSPS) is 12.9. The van der Waals surface area contributed by atoms with Crippen LogP contribution in [0.4, 0.5) is 0 Å². The Morgan fingerprint density at radius 2 is 1.72 bits per heavy atom. The summed E-state index contributed by atoms with van der Waals surface area (Å²) in [6.45, 7) is 0.